The Bertz CT molecular complexity index is 1040. The quantitative estimate of drug-likeness (QED) is 0.564. The van der Waals surface area contributed by atoms with E-state index in [1.165, 1.54) is 0 Å². The first-order chi connectivity index (χ1) is 12.3. The lowest BCUT2D eigenvalue weighted by Gasteiger charge is -2.08. The topological polar surface area (TPSA) is 91.1 Å². The number of aromatic amines is 1. The van der Waals surface area contributed by atoms with Crippen molar-refractivity contribution in [3.8, 4) is 0 Å². The number of carbonyl (C=O) groups is 1. The number of rotatable bonds is 6. The van der Waals surface area contributed by atoms with E-state index in [4.69, 9.17) is 11.6 Å². The highest BCUT2D eigenvalue weighted by molar-refractivity contribution is 7.89. The molecule has 8 heteroatoms. The van der Waals surface area contributed by atoms with Gasteiger partial charge in [-0.3, -0.25) is 4.79 Å². The first-order valence-corrected chi connectivity index (χ1v) is 9.84. The van der Waals surface area contributed by atoms with Crippen LogP contribution in [0.1, 0.15) is 16.1 Å². The Balaban J connectivity index is 1.55. The molecule has 6 nitrogen and oxygen atoms in total. The fourth-order valence-electron chi connectivity index (χ4n) is 2.48. The molecule has 0 aliphatic heterocycles. The molecule has 1 aromatic heterocycles. The molecule has 136 valence electrons. The zero-order chi connectivity index (χ0) is 18.7. The molecule has 0 fully saturated rings. The summed E-state index contributed by atoms with van der Waals surface area (Å²) >= 11 is 5.93. The molecule has 3 N–H and O–H groups in total. The van der Waals surface area contributed by atoms with E-state index in [1.54, 1.807) is 48.5 Å². The molecular weight excluding hydrogens is 374 g/mol. The SMILES string of the molecule is Cc1ccc(S(=O)(=O)NCCNC(=O)c2cc3cc(Cl)ccc3[nH]2)cc1. The molecule has 3 aromatic rings. The van der Waals surface area contributed by atoms with Crippen molar-refractivity contribution in [3.05, 3.63) is 64.8 Å². The smallest absolute Gasteiger partial charge is 0.267 e. The Morgan fingerprint density at radius 1 is 1.08 bits per heavy atom. The average Bonchev–Trinajstić information content (AvgIpc) is 3.02. The van der Waals surface area contributed by atoms with Crippen molar-refractivity contribution in [1.29, 1.82) is 0 Å². The minimum absolute atomic E-state index is 0.0913. The lowest BCUT2D eigenvalue weighted by Crippen LogP contribution is -2.34. The number of carbonyl (C=O) groups excluding carboxylic acids is 1. The minimum Gasteiger partial charge on any atom is -0.351 e. The number of amides is 1. The summed E-state index contributed by atoms with van der Waals surface area (Å²) in [4.78, 5) is 15.4. The van der Waals surface area contributed by atoms with Gasteiger partial charge in [-0.25, -0.2) is 13.1 Å². The van der Waals surface area contributed by atoms with Crippen LogP contribution in [-0.2, 0) is 10.0 Å². The van der Waals surface area contributed by atoms with Gasteiger partial charge in [0, 0.05) is 29.0 Å². The Labute approximate surface area is 156 Å². The molecular formula is C18H18ClN3O3S. The highest BCUT2D eigenvalue weighted by Crippen LogP contribution is 2.20. The molecule has 3 rings (SSSR count). The number of H-pyrrole nitrogens is 1. The van der Waals surface area contributed by atoms with Gasteiger partial charge in [0.1, 0.15) is 5.69 Å². The zero-order valence-electron chi connectivity index (χ0n) is 14.0. The highest BCUT2D eigenvalue weighted by atomic mass is 35.5. The highest BCUT2D eigenvalue weighted by Gasteiger charge is 2.14. The number of benzene rings is 2. The molecule has 0 unspecified atom stereocenters. The van der Waals surface area contributed by atoms with Gasteiger partial charge in [0.05, 0.1) is 4.90 Å². The Hall–Kier alpha value is -2.35. The van der Waals surface area contributed by atoms with Gasteiger partial charge in [-0.1, -0.05) is 29.3 Å². The molecule has 26 heavy (non-hydrogen) atoms. The fraction of sp³-hybridized carbons (Fsp3) is 0.167. The molecule has 0 radical (unpaired) electrons. The molecule has 0 aliphatic rings. The number of sulfonamides is 1. The third kappa shape index (κ3) is 4.24. The maximum Gasteiger partial charge on any atom is 0.267 e. The van der Waals surface area contributed by atoms with Crippen LogP contribution in [0.4, 0.5) is 0 Å². The summed E-state index contributed by atoms with van der Waals surface area (Å²) in [6.45, 7) is 2.14. The van der Waals surface area contributed by atoms with Crippen molar-refractivity contribution in [2.45, 2.75) is 11.8 Å². The second-order valence-electron chi connectivity index (χ2n) is 5.88. The van der Waals surface area contributed by atoms with Crippen molar-refractivity contribution >= 4 is 38.4 Å². The number of hydrogen-bond acceptors (Lipinski definition) is 3. The molecule has 0 saturated carbocycles. The second kappa shape index (κ2) is 7.49. The normalized spacial score (nSPS) is 11.6. The van der Waals surface area contributed by atoms with Crippen molar-refractivity contribution in [3.63, 3.8) is 0 Å². The van der Waals surface area contributed by atoms with E-state index < -0.39 is 10.0 Å². The third-order valence-electron chi connectivity index (χ3n) is 3.86. The molecule has 0 spiro atoms. The van der Waals surface area contributed by atoms with Gasteiger partial charge in [-0.05, 0) is 43.3 Å². The van der Waals surface area contributed by atoms with Crippen LogP contribution in [0.25, 0.3) is 10.9 Å². The zero-order valence-corrected chi connectivity index (χ0v) is 15.6. The molecule has 0 atom stereocenters. The molecule has 1 amide bonds. The first-order valence-electron chi connectivity index (χ1n) is 7.98. The van der Waals surface area contributed by atoms with E-state index in [2.05, 4.69) is 15.0 Å². The number of nitrogens with one attached hydrogen (secondary N) is 3. The van der Waals surface area contributed by atoms with Crippen LogP contribution in [0.3, 0.4) is 0 Å². The van der Waals surface area contributed by atoms with Crippen LogP contribution in [0.5, 0.6) is 0 Å². The van der Waals surface area contributed by atoms with E-state index in [0.29, 0.717) is 10.7 Å². The third-order valence-corrected chi connectivity index (χ3v) is 5.57. The molecule has 2 aromatic carbocycles. The molecule has 1 heterocycles. The maximum atomic E-state index is 12.2. The van der Waals surface area contributed by atoms with E-state index in [-0.39, 0.29) is 23.9 Å². The van der Waals surface area contributed by atoms with Gasteiger partial charge in [-0.2, -0.15) is 0 Å². The van der Waals surface area contributed by atoms with E-state index in [0.717, 1.165) is 16.5 Å². The predicted octanol–water partition coefficient (Wildman–Crippen LogP) is 2.84. The second-order valence-corrected chi connectivity index (χ2v) is 8.08. The Kier molecular flexibility index (Phi) is 5.31. The average molecular weight is 392 g/mol. The van der Waals surface area contributed by atoms with Gasteiger partial charge in [0.2, 0.25) is 10.0 Å². The maximum absolute atomic E-state index is 12.2. The van der Waals surface area contributed by atoms with Crippen LogP contribution in [0.15, 0.2) is 53.4 Å². The lowest BCUT2D eigenvalue weighted by molar-refractivity contribution is 0.0950. The summed E-state index contributed by atoms with van der Waals surface area (Å²) < 4.78 is 26.8. The molecule has 0 saturated heterocycles. The summed E-state index contributed by atoms with van der Waals surface area (Å²) in [5.41, 5.74) is 2.18. The minimum atomic E-state index is -3.59. The summed E-state index contributed by atoms with van der Waals surface area (Å²) in [7, 11) is -3.59. The Morgan fingerprint density at radius 3 is 2.54 bits per heavy atom. The van der Waals surface area contributed by atoms with Crippen molar-refractivity contribution in [2.24, 2.45) is 0 Å². The van der Waals surface area contributed by atoms with Crippen molar-refractivity contribution in [2.75, 3.05) is 13.1 Å². The van der Waals surface area contributed by atoms with Crippen LogP contribution >= 0.6 is 11.6 Å². The number of aryl methyl sites for hydroxylation is 1. The van der Waals surface area contributed by atoms with Gasteiger partial charge in [-0.15, -0.1) is 0 Å². The number of hydrogen-bond donors (Lipinski definition) is 3. The van der Waals surface area contributed by atoms with Crippen LogP contribution in [-0.4, -0.2) is 32.4 Å². The van der Waals surface area contributed by atoms with Gasteiger partial charge in [0.25, 0.3) is 5.91 Å². The van der Waals surface area contributed by atoms with E-state index in [1.807, 2.05) is 6.92 Å². The largest absolute Gasteiger partial charge is 0.351 e. The van der Waals surface area contributed by atoms with Crippen molar-refractivity contribution < 1.29 is 13.2 Å². The molecule has 0 aliphatic carbocycles. The van der Waals surface area contributed by atoms with Gasteiger partial charge >= 0.3 is 0 Å². The summed E-state index contributed by atoms with van der Waals surface area (Å²) in [6.07, 6.45) is 0. The van der Waals surface area contributed by atoms with Crippen LogP contribution in [0.2, 0.25) is 5.02 Å². The summed E-state index contributed by atoms with van der Waals surface area (Å²) in [5, 5.41) is 4.11. The van der Waals surface area contributed by atoms with Gasteiger partial charge in [0.15, 0.2) is 0 Å². The fourth-order valence-corrected chi connectivity index (χ4v) is 3.70. The van der Waals surface area contributed by atoms with Crippen molar-refractivity contribution in [1.82, 2.24) is 15.0 Å². The predicted molar refractivity (Wildman–Crippen MR) is 102 cm³/mol. The first kappa shape index (κ1) is 18.4. The van der Waals surface area contributed by atoms with Crippen LogP contribution in [0, 0.1) is 6.92 Å². The summed E-state index contributed by atoms with van der Waals surface area (Å²) in [5.74, 6) is -0.313. The Morgan fingerprint density at radius 2 is 1.81 bits per heavy atom. The number of fused-ring (bicyclic) bond motifs is 1. The number of halogens is 1. The lowest BCUT2D eigenvalue weighted by atomic mass is 10.2. The number of aromatic nitrogens is 1. The van der Waals surface area contributed by atoms with Crippen LogP contribution < -0.4 is 10.0 Å². The van der Waals surface area contributed by atoms with Gasteiger partial charge < -0.3 is 10.3 Å². The summed E-state index contributed by atoms with van der Waals surface area (Å²) in [6, 6.07) is 13.6. The van der Waals surface area contributed by atoms with E-state index >= 15 is 0 Å². The molecule has 0 bridgehead atoms. The standard InChI is InChI=1S/C18H18ClN3O3S/c1-12-2-5-15(6-3-12)26(24,25)21-9-8-20-18(23)17-11-13-10-14(19)4-7-16(13)22-17/h2-7,10-11,21-22H,8-9H2,1H3,(H,20,23). The monoisotopic (exact) mass is 391 g/mol. The van der Waals surface area contributed by atoms with E-state index in [9.17, 15) is 13.2 Å².